The zero-order valence-electron chi connectivity index (χ0n) is 12.6. The van der Waals surface area contributed by atoms with Gasteiger partial charge in [0.05, 0.1) is 18.8 Å². The summed E-state index contributed by atoms with van der Waals surface area (Å²) in [6.07, 6.45) is 2.19. The molecule has 112 valence electrons. The number of ether oxygens (including phenoxy) is 1. The van der Waals surface area contributed by atoms with Gasteiger partial charge in [-0.05, 0) is 45.1 Å². The Bertz CT molecular complexity index is 451. The quantitative estimate of drug-likeness (QED) is 0.839. The predicted octanol–water partition coefficient (Wildman–Crippen LogP) is 3.41. The molecule has 1 atom stereocenters. The molecule has 0 aliphatic carbocycles. The van der Waals surface area contributed by atoms with Gasteiger partial charge in [-0.3, -0.25) is 9.69 Å². The van der Waals surface area contributed by atoms with Crippen molar-refractivity contribution in [1.29, 1.82) is 0 Å². The molecule has 0 heterocycles. The molecule has 5 heteroatoms. The van der Waals surface area contributed by atoms with Crippen LogP contribution < -0.4 is 10.1 Å². The topological polar surface area (TPSA) is 41.6 Å². The Morgan fingerprint density at radius 1 is 1.50 bits per heavy atom. The lowest BCUT2D eigenvalue weighted by atomic mass is 10.2. The van der Waals surface area contributed by atoms with Crippen molar-refractivity contribution in [1.82, 2.24) is 4.90 Å². The highest BCUT2D eigenvalue weighted by molar-refractivity contribution is 6.31. The molecule has 0 spiro atoms. The zero-order chi connectivity index (χ0) is 15.1. The number of carbonyl (C=O) groups excluding carboxylic acids is 1. The van der Waals surface area contributed by atoms with E-state index in [1.807, 2.05) is 18.9 Å². The third-order valence-electron chi connectivity index (χ3n) is 3.32. The molecule has 1 aromatic rings. The van der Waals surface area contributed by atoms with Gasteiger partial charge in [0, 0.05) is 5.02 Å². The van der Waals surface area contributed by atoms with Gasteiger partial charge < -0.3 is 10.1 Å². The second kappa shape index (κ2) is 8.12. The van der Waals surface area contributed by atoms with Crippen molar-refractivity contribution < 1.29 is 9.53 Å². The summed E-state index contributed by atoms with van der Waals surface area (Å²) in [4.78, 5) is 14.3. The summed E-state index contributed by atoms with van der Waals surface area (Å²) in [7, 11) is 3.52. The fraction of sp³-hybridized carbons (Fsp3) is 0.533. The van der Waals surface area contributed by atoms with E-state index in [-0.39, 0.29) is 11.9 Å². The maximum absolute atomic E-state index is 12.2. The number of nitrogens with one attached hydrogen (secondary N) is 1. The Kier molecular flexibility index (Phi) is 6.82. The van der Waals surface area contributed by atoms with Crippen LogP contribution in [0.3, 0.4) is 0 Å². The second-order valence-electron chi connectivity index (χ2n) is 4.84. The van der Waals surface area contributed by atoms with E-state index in [4.69, 9.17) is 16.3 Å². The standard InChI is InChI=1S/C15H23ClN2O2/c1-5-6-9-18(3)11(2)15(19)17-13-10-12(16)7-8-14(13)20-4/h7-8,10-11H,5-6,9H2,1-4H3,(H,17,19). The van der Waals surface area contributed by atoms with Gasteiger partial charge in [0.15, 0.2) is 0 Å². The minimum absolute atomic E-state index is 0.0656. The highest BCUT2D eigenvalue weighted by Crippen LogP contribution is 2.27. The van der Waals surface area contributed by atoms with E-state index in [1.165, 1.54) is 0 Å². The van der Waals surface area contributed by atoms with Gasteiger partial charge >= 0.3 is 0 Å². The number of hydrogen-bond donors (Lipinski definition) is 1. The molecule has 0 saturated heterocycles. The summed E-state index contributed by atoms with van der Waals surface area (Å²) in [6.45, 7) is 4.93. The largest absolute Gasteiger partial charge is 0.495 e. The molecule has 20 heavy (non-hydrogen) atoms. The number of likely N-dealkylation sites (N-methyl/N-ethyl adjacent to an activating group) is 1. The lowest BCUT2D eigenvalue weighted by molar-refractivity contribution is -0.120. The van der Waals surface area contributed by atoms with Crippen LogP contribution in [0.4, 0.5) is 5.69 Å². The number of halogens is 1. The van der Waals surface area contributed by atoms with Crippen LogP contribution in [0.25, 0.3) is 0 Å². The molecule has 1 N–H and O–H groups in total. The van der Waals surface area contributed by atoms with Crippen molar-refractivity contribution in [2.24, 2.45) is 0 Å². The minimum atomic E-state index is -0.203. The average molecular weight is 299 g/mol. The smallest absolute Gasteiger partial charge is 0.241 e. The van der Waals surface area contributed by atoms with Gasteiger partial charge in [0.25, 0.3) is 0 Å². The van der Waals surface area contributed by atoms with Gasteiger partial charge in [0.2, 0.25) is 5.91 Å². The summed E-state index contributed by atoms with van der Waals surface area (Å²) in [5, 5.41) is 3.43. The molecule has 1 rings (SSSR count). The van der Waals surface area contributed by atoms with E-state index < -0.39 is 0 Å². The van der Waals surface area contributed by atoms with Crippen molar-refractivity contribution in [3.05, 3.63) is 23.2 Å². The van der Waals surface area contributed by atoms with Crippen molar-refractivity contribution in [3.63, 3.8) is 0 Å². The summed E-state index contributed by atoms with van der Waals surface area (Å²) >= 11 is 5.95. The van der Waals surface area contributed by atoms with E-state index in [1.54, 1.807) is 25.3 Å². The number of amides is 1. The van der Waals surface area contributed by atoms with E-state index in [9.17, 15) is 4.79 Å². The molecule has 1 unspecified atom stereocenters. The molecule has 4 nitrogen and oxygen atoms in total. The number of unbranched alkanes of at least 4 members (excludes halogenated alkanes) is 1. The Balaban J connectivity index is 2.72. The first kappa shape index (κ1) is 16.8. The predicted molar refractivity (Wildman–Crippen MR) is 83.6 cm³/mol. The number of nitrogens with zero attached hydrogens (tertiary/aromatic N) is 1. The van der Waals surface area contributed by atoms with Crippen molar-refractivity contribution in [3.8, 4) is 5.75 Å². The van der Waals surface area contributed by atoms with Crippen LogP contribution in [-0.4, -0.2) is 37.6 Å². The number of benzene rings is 1. The van der Waals surface area contributed by atoms with Gasteiger partial charge in [-0.15, -0.1) is 0 Å². The molecule has 0 radical (unpaired) electrons. The molecule has 0 saturated carbocycles. The Morgan fingerprint density at radius 3 is 2.80 bits per heavy atom. The third kappa shape index (κ3) is 4.69. The van der Waals surface area contributed by atoms with Gasteiger partial charge in [-0.2, -0.15) is 0 Å². The first-order chi connectivity index (χ1) is 9.49. The number of anilines is 1. The van der Waals surface area contributed by atoms with Crippen LogP contribution in [0, 0.1) is 0 Å². The maximum Gasteiger partial charge on any atom is 0.241 e. The lowest BCUT2D eigenvalue weighted by Crippen LogP contribution is -2.40. The second-order valence-corrected chi connectivity index (χ2v) is 5.28. The maximum atomic E-state index is 12.2. The summed E-state index contributed by atoms with van der Waals surface area (Å²) in [5.41, 5.74) is 0.598. The molecule has 0 aliphatic heterocycles. The molecular weight excluding hydrogens is 276 g/mol. The van der Waals surface area contributed by atoms with E-state index in [0.717, 1.165) is 19.4 Å². The molecular formula is C15H23ClN2O2. The lowest BCUT2D eigenvalue weighted by Gasteiger charge is -2.24. The van der Waals surface area contributed by atoms with Gasteiger partial charge in [-0.1, -0.05) is 24.9 Å². The van der Waals surface area contributed by atoms with Crippen molar-refractivity contribution >= 4 is 23.2 Å². The summed E-state index contributed by atoms with van der Waals surface area (Å²) in [6, 6.07) is 4.96. The van der Waals surface area contributed by atoms with Crippen LogP contribution >= 0.6 is 11.6 Å². The Labute approximate surface area is 126 Å². The molecule has 1 aromatic carbocycles. The zero-order valence-corrected chi connectivity index (χ0v) is 13.3. The first-order valence-electron chi connectivity index (χ1n) is 6.84. The number of hydrogen-bond acceptors (Lipinski definition) is 3. The third-order valence-corrected chi connectivity index (χ3v) is 3.56. The molecule has 0 fully saturated rings. The van der Waals surface area contributed by atoms with Crippen LogP contribution in [0.5, 0.6) is 5.75 Å². The Morgan fingerprint density at radius 2 is 2.20 bits per heavy atom. The summed E-state index contributed by atoms with van der Waals surface area (Å²) < 4.78 is 5.22. The van der Waals surface area contributed by atoms with E-state index in [0.29, 0.717) is 16.5 Å². The molecule has 0 aliphatic rings. The van der Waals surface area contributed by atoms with Gasteiger partial charge in [-0.25, -0.2) is 0 Å². The van der Waals surface area contributed by atoms with E-state index in [2.05, 4.69) is 12.2 Å². The Hall–Kier alpha value is -1.26. The molecule has 0 aromatic heterocycles. The van der Waals surface area contributed by atoms with Crippen molar-refractivity contribution in [2.45, 2.75) is 32.7 Å². The summed E-state index contributed by atoms with van der Waals surface area (Å²) in [5.74, 6) is 0.537. The fourth-order valence-corrected chi connectivity index (χ4v) is 1.99. The number of rotatable bonds is 7. The number of methoxy groups -OCH3 is 1. The SMILES string of the molecule is CCCCN(C)C(C)C(=O)Nc1cc(Cl)ccc1OC. The minimum Gasteiger partial charge on any atom is -0.495 e. The highest BCUT2D eigenvalue weighted by Gasteiger charge is 2.19. The fourth-order valence-electron chi connectivity index (χ4n) is 1.82. The first-order valence-corrected chi connectivity index (χ1v) is 7.22. The van der Waals surface area contributed by atoms with Crippen LogP contribution in [-0.2, 0) is 4.79 Å². The normalized spacial score (nSPS) is 12.3. The monoisotopic (exact) mass is 298 g/mol. The average Bonchev–Trinajstić information content (AvgIpc) is 2.44. The van der Waals surface area contributed by atoms with Gasteiger partial charge in [0.1, 0.15) is 5.75 Å². The van der Waals surface area contributed by atoms with E-state index >= 15 is 0 Å². The molecule has 1 amide bonds. The molecule has 0 bridgehead atoms. The number of carbonyl (C=O) groups is 1. The van der Waals surface area contributed by atoms with Crippen LogP contribution in [0.15, 0.2) is 18.2 Å². The highest BCUT2D eigenvalue weighted by atomic mass is 35.5. The van der Waals surface area contributed by atoms with Crippen LogP contribution in [0.1, 0.15) is 26.7 Å². The van der Waals surface area contributed by atoms with Crippen molar-refractivity contribution in [2.75, 3.05) is 26.0 Å². The van der Waals surface area contributed by atoms with Crippen LogP contribution in [0.2, 0.25) is 5.02 Å².